The second-order valence-electron chi connectivity index (χ2n) is 3.53. The number of hydrogen-bond donors (Lipinski definition) is 0. The van der Waals surface area contributed by atoms with Gasteiger partial charge in [0, 0.05) is 24.7 Å². The zero-order chi connectivity index (χ0) is 9.36. The minimum atomic E-state index is 0.557. The number of azide groups is 1. The van der Waals surface area contributed by atoms with Gasteiger partial charge in [-0.05, 0) is 30.7 Å². The molecule has 0 saturated heterocycles. The summed E-state index contributed by atoms with van der Waals surface area (Å²) in [6, 6.07) is 0. The van der Waals surface area contributed by atoms with E-state index in [-0.39, 0.29) is 0 Å². The van der Waals surface area contributed by atoms with E-state index in [4.69, 9.17) is 10.3 Å². The summed E-state index contributed by atoms with van der Waals surface area (Å²) < 4.78 is 5.48. The summed E-state index contributed by atoms with van der Waals surface area (Å²) >= 11 is 0. The Morgan fingerprint density at radius 3 is 2.85 bits per heavy atom. The predicted molar refractivity (Wildman–Crippen MR) is 51.4 cm³/mol. The predicted octanol–water partition coefficient (Wildman–Crippen LogP) is 2.89. The smallest absolute Gasteiger partial charge is 0.0494 e. The molecule has 0 aromatic rings. The average molecular weight is 183 g/mol. The fourth-order valence-electron chi connectivity index (χ4n) is 1.71. The highest BCUT2D eigenvalue weighted by atomic mass is 16.5. The van der Waals surface area contributed by atoms with Crippen molar-refractivity contribution in [1.29, 1.82) is 0 Å². The quantitative estimate of drug-likeness (QED) is 0.270. The Balaban J connectivity index is 1.85. The summed E-state index contributed by atoms with van der Waals surface area (Å²) in [5.41, 5.74) is 8.01. The maximum Gasteiger partial charge on any atom is 0.0494 e. The van der Waals surface area contributed by atoms with Gasteiger partial charge in [-0.15, -0.1) is 0 Å². The van der Waals surface area contributed by atoms with Crippen LogP contribution in [0.25, 0.3) is 10.4 Å². The molecule has 1 rings (SSSR count). The van der Waals surface area contributed by atoms with Crippen molar-refractivity contribution in [2.75, 3.05) is 19.8 Å². The van der Waals surface area contributed by atoms with E-state index >= 15 is 0 Å². The van der Waals surface area contributed by atoms with Gasteiger partial charge in [0.1, 0.15) is 0 Å². The highest BCUT2D eigenvalue weighted by molar-refractivity contribution is 4.66. The Morgan fingerprint density at radius 2 is 2.15 bits per heavy atom. The zero-order valence-corrected chi connectivity index (χ0v) is 7.98. The van der Waals surface area contributed by atoms with Crippen LogP contribution < -0.4 is 0 Å². The van der Waals surface area contributed by atoms with Crippen molar-refractivity contribution >= 4 is 0 Å². The maximum atomic E-state index is 8.01. The Bertz CT molecular complexity index is 172. The summed E-state index contributed by atoms with van der Waals surface area (Å²) in [6.07, 6.45) is 6.24. The van der Waals surface area contributed by atoms with Crippen LogP contribution in [-0.4, -0.2) is 19.8 Å². The van der Waals surface area contributed by atoms with Crippen molar-refractivity contribution < 1.29 is 4.74 Å². The first-order chi connectivity index (χ1) is 6.43. The van der Waals surface area contributed by atoms with Crippen LogP contribution in [0.1, 0.15) is 32.1 Å². The van der Waals surface area contributed by atoms with E-state index in [1.165, 1.54) is 25.7 Å². The van der Waals surface area contributed by atoms with Gasteiger partial charge in [-0.3, -0.25) is 0 Å². The van der Waals surface area contributed by atoms with Gasteiger partial charge in [0.25, 0.3) is 0 Å². The summed E-state index contributed by atoms with van der Waals surface area (Å²) in [5, 5.41) is 3.44. The van der Waals surface area contributed by atoms with E-state index in [0.29, 0.717) is 6.54 Å². The molecule has 74 valence electrons. The first-order valence-electron chi connectivity index (χ1n) is 5.02. The van der Waals surface area contributed by atoms with Gasteiger partial charge < -0.3 is 4.74 Å². The molecule has 0 aromatic heterocycles. The standard InChI is InChI=1S/C9H17N3O/c10-12-11-6-3-7-13-8-9-4-1-2-5-9/h9H,1-8H2. The molecule has 1 aliphatic rings. The first-order valence-corrected chi connectivity index (χ1v) is 5.02. The number of nitrogens with zero attached hydrogens (tertiary/aromatic N) is 3. The monoisotopic (exact) mass is 183 g/mol. The molecule has 0 N–H and O–H groups in total. The molecule has 4 nitrogen and oxygen atoms in total. The molecule has 0 amide bonds. The van der Waals surface area contributed by atoms with Crippen molar-refractivity contribution in [1.82, 2.24) is 0 Å². The van der Waals surface area contributed by atoms with Crippen LogP contribution in [0.5, 0.6) is 0 Å². The average Bonchev–Trinajstić information content (AvgIpc) is 2.63. The Labute approximate surface area is 78.9 Å². The molecule has 0 bridgehead atoms. The minimum absolute atomic E-state index is 0.557. The summed E-state index contributed by atoms with van der Waals surface area (Å²) in [4.78, 5) is 2.68. The molecule has 0 atom stereocenters. The van der Waals surface area contributed by atoms with Crippen molar-refractivity contribution in [3.63, 3.8) is 0 Å². The lowest BCUT2D eigenvalue weighted by atomic mass is 10.1. The lowest BCUT2D eigenvalue weighted by Gasteiger charge is -2.08. The largest absolute Gasteiger partial charge is 0.381 e. The highest BCUT2D eigenvalue weighted by Crippen LogP contribution is 2.24. The van der Waals surface area contributed by atoms with Crippen LogP contribution in [0.2, 0.25) is 0 Å². The van der Waals surface area contributed by atoms with E-state index in [2.05, 4.69) is 10.0 Å². The Kier molecular flexibility index (Phi) is 5.38. The van der Waals surface area contributed by atoms with Crippen molar-refractivity contribution in [3.05, 3.63) is 10.4 Å². The topological polar surface area (TPSA) is 58.0 Å². The van der Waals surface area contributed by atoms with Gasteiger partial charge in [0.05, 0.1) is 0 Å². The summed E-state index contributed by atoms with van der Waals surface area (Å²) in [5.74, 6) is 0.791. The van der Waals surface area contributed by atoms with Crippen molar-refractivity contribution in [2.24, 2.45) is 11.0 Å². The molecule has 0 unspecified atom stereocenters. The number of hydrogen-bond acceptors (Lipinski definition) is 2. The van der Waals surface area contributed by atoms with Crippen molar-refractivity contribution in [2.45, 2.75) is 32.1 Å². The SMILES string of the molecule is [N-]=[N+]=NCCCOCC1CCCC1. The molecule has 1 aliphatic carbocycles. The normalized spacial score (nSPS) is 17.2. The van der Waals surface area contributed by atoms with E-state index in [9.17, 15) is 0 Å². The first kappa shape index (κ1) is 10.4. The van der Waals surface area contributed by atoms with Crippen molar-refractivity contribution in [3.8, 4) is 0 Å². The van der Waals surface area contributed by atoms with Crippen LogP contribution >= 0.6 is 0 Å². The molecule has 0 spiro atoms. The van der Waals surface area contributed by atoms with Gasteiger partial charge >= 0.3 is 0 Å². The lowest BCUT2D eigenvalue weighted by Crippen LogP contribution is -2.06. The Hall–Kier alpha value is -0.730. The molecule has 13 heavy (non-hydrogen) atoms. The van der Waals surface area contributed by atoms with E-state index in [1.807, 2.05) is 0 Å². The van der Waals surface area contributed by atoms with Gasteiger partial charge in [-0.1, -0.05) is 18.0 Å². The fraction of sp³-hybridized carbons (Fsp3) is 1.00. The third kappa shape index (κ3) is 4.76. The molecular formula is C9H17N3O. The van der Waals surface area contributed by atoms with Gasteiger partial charge in [0.15, 0.2) is 0 Å². The number of ether oxygens (including phenoxy) is 1. The minimum Gasteiger partial charge on any atom is -0.381 e. The molecule has 0 radical (unpaired) electrons. The van der Waals surface area contributed by atoms with Crippen LogP contribution in [0.15, 0.2) is 5.11 Å². The van der Waals surface area contributed by atoms with Gasteiger partial charge in [-0.25, -0.2) is 0 Å². The van der Waals surface area contributed by atoms with Crippen LogP contribution in [-0.2, 0) is 4.74 Å². The maximum absolute atomic E-state index is 8.01. The van der Waals surface area contributed by atoms with Crippen LogP contribution in [0, 0.1) is 5.92 Å². The van der Waals surface area contributed by atoms with Crippen LogP contribution in [0.4, 0.5) is 0 Å². The van der Waals surface area contributed by atoms with E-state index in [0.717, 1.165) is 25.6 Å². The molecular weight excluding hydrogens is 166 g/mol. The molecule has 1 fully saturated rings. The molecule has 0 aromatic carbocycles. The molecule has 0 heterocycles. The fourth-order valence-corrected chi connectivity index (χ4v) is 1.71. The Morgan fingerprint density at radius 1 is 1.38 bits per heavy atom. The zero-order valence-electron chi connectivity index (χ0n) is 7.98. The third-order valence-electron chi connectivity index (χ3n) is 2.44. The molecule has 0 aliphatic heterocycles. The van der Waals surface area contributed by atoms with E-state index in [1.54, 1.807) is 0 Å². The second kappa shape index (κ2) is 6.75. The van der Waals surface area contributed by atoms with Gasteiger partial charge in [-0.2, -0.15) is 0 Å². The second-order valence-corrected chi connectivity index (χ2v) is 3.53. The van der Waals surface area contributed by atoms with Crippen LogP contribution in [0.3, 0.4) is 0 Å². The lowest BCUT2D eigenvalue weighted by molar-refractivity contribution is 0.101. The van der Waals surface area contributed by atoms with E-state index < -0.39 is 0 Å². The summed E-state index contributed by atoms with van der Waals surface area (Å²) in [6.45, 7) is 2.19. The third-order valence-corrected chi connectivity index (χ3v) is 2.44. The van der Waals surface area contributed by atoms with Gasteiger partial charge in [0.2, 0.25) is 0 Å². The molecule has 1 saturated carbocycles. The number of rotatable bonds is 6. The highest BCUT2D eigenvalue weighted by Gasteiger charge is 2.14. The molecule has 4 heteroatoms. The summed E-state index contributed by atoms with van der Waals surface area (Å²) in [7, 11) is 0.